The fraction of sp³-hybridized carbons (Fsp3) is 0.333. The van der Waals surface area contributed by atoms with Crippen LogP contribution in [0.25, 0.3) is 0 Å². The average Bonchev–Trinajstić information content (AvgIpc) is 2.29. The number of carbonyl (C=O) groups is 2. The van der Waals surface area contributed by atoms with E-state index < -0.39 is 22.8 Å². The van der Waals surface area contributed by atoms with Crippen molar-refractivity contribution < 1.29 is 14.7 Å². The van der Waals surface area contributed by atoms with Gasteiger partial charge in [-0.2, -0.15) is 12.6 Å². The van der Waals surface area contributed by atoms with E-state index in [1.807, 2.05) is 0 Å². The normalized spacial score (nSPS) is 12.7. The summed E-state index contributed by atoms with van der Waals surface area (Å²) in [6.45, 7) is 3.18. The third kappa shape index (κ3) is 4.77. The van der Waals surface area contributed by atoms with Gasteiger partial charge in [0.1, 0.15) is 6.04 Å². The molecule has 1 atom stereocenters. The molecule has 1 aromatic carbocycles. The largest absolute Gasteiger partial charge is 0.480 e. The molecule has 5 nitrogen and oxygen atoms in total. The molecule has 0 fully saturated rings. The minimum atomic E-state index is -1.17. The zero-order valence-corrected chi connectivity index (χ0v) is 13.2. The molecule has 0 aliphatic rings. The molecule has 0 aliphatic heterocycles. The smallest absolute Gasteiger partial charge is 0.327 e. The van der Waals surface area contributed by atoms with Crippen LogP contribution in [0.15, 0.2) is 18.2 Å². The molecule has 0 heterocycles. The van der Waals surface area contributed by atoms with Crippen LogP contribution in [0.1, 0.15) is 13.8 Å². The first-order chi connectivity index (χ1) is 9.11. The van der Waals surface area contributed by atoms with E-state index in [1.165, 1.54) is 12.1 Å². The lowest BCUT2D eigenvalue weighted by Gasteiger charge is -2.26. The minimum absolute atomic E-state index is 0.286. The number of nitrogens with one attached hydrogen (secondary N) is 2. The van der Waals surface area contributed by atoms with Gasteiger partial charge in [0.25, 0.3) is 0 Å². The van der Waals surface area contributed by atoms with Gasteiger partial charge in [0.05, 0.1) is 10.0 Å². The molecule has 0 bridgehead atoms. The van der Waals surface area contributed by atoms with Gasteiger partial charge in [-0.15, -0.1) is 0 Å². The van der Waals surface area contributed by atoms with E-state index in [4.69, 9.17) is 28.3 Å². The molecule has 0 saturated carbocycles. The third-order valence-corrected chi connectivity index (χ3v) is 3.40. The number of anilines is 1. The number of amides is 2. The second-order valence-corrected chi connectivity index (χ2v) is 6.62. The Morgan fingerprint density at radius 2 is 1.90 bits per heavy atom. The van der Waals surface area contributed by atoms with Crippen molar-refractivity contribution in [1.29, 1.82) is 0 Å². The van der Waals surface area contributed by atoms with Crippen LogP contribution in [0.4, 0.5) is 10.5 Å². The van der Waals surface area contributed by atoms with Gasteiger partial charge in [0.2, 0.25) is 0 Å². The van der Waals surface area contributed by atoms with Crippen LogP contribution in [-0.4, -0.2) is 27.9 Å². The Balaban J connectivity index is 2.76. The molecule has 0 radical (unpaired) electrons. The molecule has 3 N–H and O–H groups in total. The number of carboxylic acid groups (broad SMARTS) is 1. The van der Waals surface area contributed by atoms with Crippen LogP contribution in [0.3, 0.4) is 0 Å². The molecule has 0 saturated heterocycles. The maximum Gasteiger partial charge on any atom is 0.327 e. The Morgan fingerprint density at radius 3 is 2.35 bits per heavy atom. The third-order valence-electron chi connectivity index (χ3n) is 2.41. The molecule has 2 amide bonds. The Bertz CT molecular complexity index is 532. The summed E-state index contributed by atoms with van der Waals surface area (Å²) in [5.74, 6) is -1.17. The van der Waals surface area contributed by atoms with Crippen LogP contribution in [-0.2, 0) is 4.79 Å². The zero-order valence-electron chi connectivity index (χ0n) is 10.8. The van der Waals surface area contributed by atoms with Crippen molar-refractivity contribution in [3.63, 3.8) is 0 Å². The van der Waals surface area contributed by atoms with E-state index in [0.717, 1.165) is 0 Å². The van der Waals surface area contributed by atoms with Gasteiger partial charge < -0.3 is 15.7 Å². The van der Waals surface area contributed by atoms with Crippen molar-refractivity contribution in [3.8, 4) is 0 Å². The summed E-state index contributed by atoms with van der Waals surface area (Å²) in [5.41, 5.74) is 0.401. The topological polar surface area (TPSA) is 78.4 Å². The molecule has 1 rings (SSSR count). The van der Waals surface area contributed by atoms with E-state index in [9.17, 15) is 9.59 Å². The minimum Gasteiger partial charge on any atom is -0.480 e. The van der Waals surface area contributed by atoms with Gasteiger partial charge in [0.15, 0.2) is 0 Å². The summed E-state index contributed by atoms with van der Waals surface area (Å²) >= 11 is 15.7. The number of carboxylic acids is 1. The van der Waals surface area contributed by atoms with E-state index in [-0.39, 0.29) is 5.02 Å². The molecule has 1 unspecified atom stereocenters. The molecule has 20 heavy (non-hydrogen) atoms. The number of thiol groups is 1. The molecule has 110 valence electrons. The van der Waals surface area contributed by atoms with Gasteiger partial charge in [-0.3, -0.25) is 0 Å². The maximum absolute atomic E-state index is 11.8. The SMILES string of the molecule is CC(C)(S)C(NC(=O)Nc1ccc(Cl)c(Cl)c1)C(=O)O. The first kappa shape index (κ1) is 16.9. The van der Waals surface area contributed by atoms with Crippen LogP contribution in [0, 0.1) is 0 Å². The number of rotatable bonds is 4. The number of benzene rings is 1. The van der Waals surface area contributed by atoms with Crippen LogP contribution < -0.4 is 10.6 Å². The van der Waals surface area contributed by atoms with Gasteiger partial charge in [-0.25, -0.2) is 9.59 Å². The van der Waals surface area contributed by atoms with Gasteiger partial charge >= 0.3 is 12.0 Å². The molecular weight excluding hydrogens is 323 g/mol. The van der Waals surface area contributed by atoms with Gasteiger partial charge in [0, 0.05) is 10.4 Å². The van der Waals surface area contributed by atoms with Gasteiger partial charge in [-0.1, -0.05) is 23.2 Å². The fourth-order valence-corrected chi connectivity index (χ4v) is 1.89. The maximum atomic E-state index is 11.8. The lowest BCUT2D eigenvalue weighted by Crippen LogP contribution is -2.52. The van der Waals surface area contributed by atoms with Crippen molar-refractivity contribution >= 4 is 53.5 Å². The number of carbonyl (C=O) groups excluding carboxylic acids is 1. The monoisotopic (exact) mass is 336 g/mol. The molecular formula is C12H14Cl2N2O3S. The molecule has 0 aromatic heterocycles. The Labute approximate surface area is 132 Å². The standard InChI is InChI=1S/C12H14Cl2N2O3S/c1-12(2,20)9(10(17)18)16-11(19)15-6-3-4-7(13)8(14)5-6/h3-5,9,20H,1-2H3,(H,17,18)(H2,15,16,19). The molecule has 1 aromatic rings. The highest BCUT2D eigenvalue weighted by Gasteiger charge is 2.33. The Morgan fingerprint density at radius 1 is 1.30 bits per heavy atom. The van der Waals surface area contributed by atoms with Crippen LogP contribution in [0.2, 0.25) is 10.0 Å². The van der Waals surface area contributed by atoms with Crippen LogP contribution in [0.5, 0.6) is 0 Å². The zero-order chi connectivity index (χ0) is 15.5. The lowest BCUT2D eigenvalue weighted by molar-refractivity contribution is -0.139. The van der Waals surface area contributed by atoms with Gasteiger partial charge in [-0.05, 0) is 32.0 Å². The summed E-state index contributed by atoms with van der Waals surface area (Å²) in [7, 11) is 0. The Kier molecular flexibility index (Phi) is 5.56. The van der Waals surface area contributed by atoms with Crippen molar-refractivity contribution in [1.82, 2.24) is 5.32 Å². The number of hydrogen-bond donors (Lipinski definition) is 4. The lowest BCUT2D eigenvalue weighted by atomic mass is 10.0. The Hall–Kier alpha value is -1.11. The number of aliphatic carboxylic acids is 1. The van der Waals surface area contributed by atoms with Crippen molar-refractivity contribution in [2.45, 2.75) is 24.6 Å². The average molecular weight is 337 g/mol. The quantitative estimate of drug-likeness (QED) is 0.637. The van der Waals surface area contributed by atoms with Crippen molar-refractivity contribution in [2.75, 3.05) is 5.32 Å². The highest BCUT2D eigenvalue weighted by Crippen LogP contribution is 2.25. The van der Waals surface area contributed by atoms with E-state index in [1.54, 1.807) is 19.9 Å². The second kappa shape index (κ2) is 6.56. The second-order valence-electron chi connectivity index (χ2n) is 4.65. The van der Waals surface area contributed by atoms with Crippen molar-refractivity contribution in [3.05, 3.63) is 28.2 Å². The van der Waals surface area contributed by atoms with E-state index in [2.05, 4.69) is 23.3 Å². The van der Waals surface area contributed by atoms with Crippen molar-refractivity contribution in [2.24, 2.45) is 0 Å². The van der Waals surface area contributed by atoms with E-state index >= 15 is 0 Å². The first-order valence-electron chi connectivity index (χ1n) is 5.59. The number of urea groups is 1. The molecule has 0 spiro atoms. The first-order valence-corrected chi connectivity index (χ1v) is 6.79. The summed E-state index contributed by atoms with van der Waals surface area (Å²) in [6, 6.07) is 2.73. The highest BCUT2D eigenvalue weighted by atomic mass is 35.5. The predicted molar refractivity (Wildman–Crippen MR) is 83.1 cm³/mol. The molecule has 8 heteroatoms. The summed E-state index contributed by atoms with van der Waals surface area (Å²) in [5, 5.41) is 14.5. The van der Waals surface area contributed by atoms with E-state index in [0.29, 0.717) is 10.7 Å². The summed E-state index contributed by atoms with van der Waals surface area (Å²) in [4.78, 5) is 22.9. The number of halogens is 2. The summed E-state index contributed by atoms with van der Waals surface area (Å²) < 4.78 is -0.916. The van der Waals surface area contributed by atoms with Crippen LogP contribution >= 0.6 is 35.8 Å². The summed E-state index contributed by atoms with van der Waals surface area (Å²) in [6.07, 6.45) is 0. The fourth-order valence-electron chi connectivity index (χ4n) is 1.41. The number of hydrogen-bond acceptors (Lipinski definition) is 3. The highest BCUT2D eigenvalue weighted by molar-refractivity contribution is 7.81. The predicted octanol–water partition coefficient (Wildman–Crippen LogP) is 3.28. The molecule has 0 aliphatic carbocycles.